The molecule has 0 saturated carbocycles. The Balaban J connectivity index is 1.57. The fourth-order valence-corrected chi connectivity index (χ4v) is 3.20. The number of alkyl halides is 3. The van der Waals surface area contributed by atoms with Crippen LogP contribution in [0.1, 0.15) is 11.1 Å². The Morgan fingerprint density at radius 1 is 0.923 bits per heavy atom. The van der Waals surface area contributed by atoms with Gasteiger partial charge in [-0.1, -0.05) is 18.2 Å². The molecule has 1 saturated heterocycles. The zero-order valence-corrected chi connectivity index (χ0v) is 15.1. The van der Waals surface area contributed by atoms with Gasteiger partial charge in [0.25, 0.3) is 0 Å². The molecule has 2 aromatic carbocycles. The number of rotatable bonds is 4. The summed E-state index contributed by atoms with van der Waals surface area (Å²) in [5.74, 6) is 0. The second kappa shape index (κ2) is 7.58. The van der Waals surface area contributed by atoms with Crippen molar-refractivity contribution in [1.29, 1.82) is 0 Å². The van der Waals surface area contributed by atoms with E-state index in [0.717, 1.165) is 38.8 Å². The lowest BCUT2D eigenvalue weighted by molar-refractivity contribution is -0.137. The summed E-state index contributed by atoms with van der Waals surface area (Å²) in [6, 6.07) is 14.1. The highest BCUT2D eigenvalue weighted by atomic mass is 19.4. The first kappa shape index (κ1) is 18.6. The van der Waals surface area contributed by atoms with E-state index in [1.807, 2.05) is 19.0 Å². The van der Waals surface area contributed by atoms with E-state index < -0.39 is 11.7 Å². The van der Waals surface area contributed by atoms with Crippen molar-refractivity contribution >= 4 is 11.4 Å². The predicted molar refractivity (Wildman–Crippen MR) is 99.7 cm³/mol. The summed E-state index contributed by atoms with van der Waals surface area (Å²) in [5.41, 5.74) is 2.49. The van der Waals surface area contributed by atoms with Crippen molar-refractivity contribution < 1.29 is 13.2 Å². The summed E-state index contributed by atoms with van der Waals surface area (Å²) in [4.78, 5) is 6.44. The van der Waals surface area contributed by atoms with Gasteiger partial charge in [-0.25, -0.2) is 0 Å². The largest absolute Gasteiger partial charge is 0.416 e. The molecule has 0 amide bonds. The summed E-state index contributed by atoms with van der Waals surface area (Å²) < 4.78 is 38.7. The van der Waals surface area contributed by atoms with Gasteiger partial charge < -0.3 is 9.80 Å². The van der Waals surface area contributed by atoms with Crippen molar-refractivity contribution in [3.8, 4) is 0 Å². The van der Waals surface area contributed by atoms with E-state index in [9.17, 15) is 13.2 Å². The molecule has 0 aromatic heterocycles. The Hall–Kier alpha value is -2.21. The molecule has 1 aliphatic heterocycles. The minimum Gasteiger partial charge on any atom is -0.378 e. The molecule has 26 heavy (non-hydrogen) atoms. The molecule has 0 spiro atoms. The molecule has 140 valence electrons. The van der Waals surface area contributed by atoms with Crippen LogP contribution in [0.5, 0.6) is 0 Å². The van der Waals surface area contributed by atoms with E-state index in [1.165, 1.54) is 23.4 Å². The van der Waals surface area contributed by atoms with E-state index in [4.69, 9.17) is 0 Å². The predicted octanol–water partition coefficient (Wildman–Crippen LogP) is 4.09. The van der Waals surface area contributed by atoms with Crippen molar-refractivity contribution in [2.45, 2.75) is 12.7 Å². The SMILES string of the molecule is CN(C)c1ccc(CN2CCN(c3cccc(C(F)(F)F)c3)CC2)cc1. The van der Waals surface area contributed by atoms with Crippen molar-refractivity contribution in [2.24, 2.45) is 0 Å². The van der Waals surface area contributed by atoms with Crippen LogP contribution in [-0.4, -0.2) is 45.2 Å². The Morgan fingerprint density at radius 3 is 2.15 bits per heavy atom. The van der Waals surface area contributed by atoms with Crippen LogP contribution < -0.4 is 9.80 Å². The molecule has 0 aliphatic carbocycles. The third-order valence-electron chi connectivity index (χ3n) is 4.77. The van der Waals surface area contributed by atoms with Crippen molar-refractivity contribution in [2.75, 3.05) is 50.1 Å². The van der Waals surface area contributed by atoms with Crippen LogP contribution in [-0.2, 0) is 12.7 Å². The Bertz CT molecular complexity index is 718. The second-order valence-electron chi connectivity index (χ2n) is 6.87. The van der Waals surface area contributed by atoms with Gasteiger partial charge in [-0.05, 0) is 35.9 Å². The first-order chi connectivity index (χ1) is 12.3. The quantitative estimate of drug-likeness (QED) is 0.810. The third-order valence-corrected chi connectivity index (χ3v) is 4.77. The maximum atomic E-state index is 12.9. The Labute approximate surface area is 152 Å². The minimum absolute atomic E-state index is 0.585. The van der Waals surface area contributed by atoms with Crippen LogP contribution in [0.25, 0.3) is 0 Å². The topological polar surface area (TPSA) is 9.72 Å². The molecule has 1 fully saturated rings. The monoisotopic (exact) mass is 363 g/mol. The molecule has 0 unspecified atom stereocenters. The van der Waals surface area contributed by atoms with E-state index in [2.05, 4.69) is 34.1 Å². The first-order valence-electron chi connectivity index (χ1n) is 8.74. The molecule has 2 aromatic rings. The molecule has 0 N–H and O–H groups in total. The lowest BCUT2D eigenvalue weighted by Gasteiger charge is -2.36. The summed E-state index contributed by atoms with van der Waals surface area (Å²) in [5, 5.41) is 0. The smallest absolute Gasteiger partial charge is 0.378 e. The van der Waals surface area contributed by atoms with Gasteiger partial charge in [-0.15, -0.1) is 0 Å². The zero-order valence-electron chi connectivity index (χ0n) is 15.1. The normalized spacial score (nSPS) is 16.0. The molecule has 0 atom stereocenters. The first-order valence-corrected chi connectivity index (χ1v) is 8.74. The van der Waals surface area contributed by atoms with Gasteiger partial charge in [0.2, 0.25) is 0 Å². The summed E-state index contributed by atoms with van der Waals surface area (Å²) in [6.07, 6.45) is -4.30. The van der Waals surface area contributed by atoms with Gasteiger partial charge in [-0.2, -0.15) is 13.2 Å². The maximum absolute atomic E-state index is 12.9. The molecule has 1 heterocycles. The second-order valence-corrected chi connectivity index (χ2v) is 6.87. The number of benzene rings is 2. The van der Waals surface area contributed by atoms with Gasteiger partial charge in [0.15, 0.2) is 0 Å². The summed E-state index contributed by atoms with van der Waals surface area (Å²) in [7, 11) is 4.03. The average molecular weight is 363 g/mol. The molecule has 3 rings (SSSR count). The van der Waals surface area contributed by atoms with Crippen LogP contribution in [0, 0.1) is 0 Å². The maximum Gasteiger partial charge on any atom is 0.416 e. The average Bonchev–Trinajstić information content (AvgIpc) is 2.62. The molecular weight excluding hydrogens is 339 g/mol. The Kier molecular flexibility index (Phi) is 5.41. The molecule has 0 radical (unpaired) electrons. The fraction of sp³-hybridized carbons (Fsp3) is 0.400. The van der Waals surface area contributed by atoms with Crippen molar-refractivity contribution in [1.82, 2.24) is 4.90 Å². The van der Waals surface area contributed by atoms with E-state index in [0.29, 0.717) is 5.69 Å². The molecule has 3 nitrogen and oxygen atoms in total. The number of piperazine rings is 1. The van der Waals surface area contributed by atoms with Gasteiger partial charge in [0.05, 0.1) is 5.56 Å². The molecule has 0 bridgehead atoms. The van der Waals surface area contributed by atoms with Gasteiger partial charge in [-0.3, -0.25) is 4.90 Å². The van der Waals surface area contributed by atoms with Gasteiger partial charge in [0, 0.05) is 58.2 Å². The zero-order chi connectivity index (χ0) is 18.7. The van der Waals surface area contributed by atoms with Crippen LogP contribution in [0.3, 0.4) is 0 Å². The lowest BCUT2D eigenvalue weighted by atomic mass is 10.1. The highest BCUT2D eigenvalue weighted by Gasteiger charge is 2.31. The van der Waals surface area contributed by atoms with Crippen LogP contribution >= 0.6 is 0 Å². The molecular formula is C20H24F3N3. The summed E-state index contributed by atoms with van der Waals surface area (Å²) >= 11 is 0. The number of hydrogen-bond acceptors (Lipinski definition) is 3. The van der Waals surface area contributed by atoms with Gasteiger partial charge >= 0.3 is 6.18 Å². The summed E-state index contributed by atoms with van der Waals surface area (Å²) in [6.45, 7) is 4.01. The highest BCUT2D eigenvalue weighted by Crippen LogP contribution is 2.32. The van der Waals surface area contributed by atoms with Crippen LogP contribution in [0.2, 0.25) is 0 Å². The van der Waals surface area contributed by atoms with E-state index >= 15 is 0 Å². The van der Waals surface area contributed by atoms with Crippen molar-refractivity contribution in [3.63, 3.8) is 0 Å². The lowest BCUT2D eigenvalue weighted by Crippen LogP contribution is -2.46. The van der Waals surface area contributed by atoms with E-state index in [1.54, 1.807) is 6.07 Å². The van der Waals surface area contributed by atoms with Crippen LogP contribution in [0.15, 0.2) is 48.5 Å². The number of halogens is 3. The van der Waals surface area contributed by atoms with Crippen molar-refractivity contribution in [3.05, 3.63) is 59.7 Å². The minimum atomic E-state index is -4.30. The standard InChI is InChI=1S/C20H24F3N3/c1-24(2)18-8-6-16(7-9-18)15-25-10-12-26(13-11-25)19-5-3-4-17(14-19)20(21,22)23/h3-9,14H,10-13,15H2,1-2H3. The number of anilines is 2. The number of nitrogens with zero attached hydrogens (tertiary/aromatic N) is 3. The molecule has 6 heteroatoms. The van der Waals surface area contributed by atoms with Crippen LogP contribution in [0.4, 0.5) is 24.5 Å². The Morgan fingerprint density at radius 2 is 1.58 bits per heavy atom. The fourth-order valence-electron chi connectivity index (χ4n) is 3.20. The van der Waals surface area contributed by atoms with E-state index in [-0.39, 0.29) is 0 Å². The third kappa shape index (κ3) is 4.49. The van der Waals surface area contributed by atoms with Gasteiger partial charge in [0.1, 0.15) is 0 Å². The molecule has 1 aliphatic rings. The number of hydrogen-bond donors (Lipinski definition) is 0. The highest BCUT2D eigenvalue weighted by molar-refractivity contribution is 5.50.